The van der Waals surface area contributed by atoms with Crippen LogP contribution in [-0.4, -0.2) is 54.7 Å². The van der Waals surface area contributed by atoms with Gasteiger partial charge < -0.3 is 19.1 Å². The first-order chi connectivity index (χ1) is 11.7. The summed E-state index contributed by atoms with van der Waals surface area (Å²) in [5.74, 6) is -0.340. The maximum Gasteiger partial charge on any atom is 0.410 e. The van der Waals surface area contributed by atoms with Crippen LogP contribution in [0.15, 0.2) is 18.5 Å². The Balaban J connectivity index is 2.18. The third-order valence-electron chi connectivity index (χ3n) is 3.95. The van der Waals surface area contributed by atoms with Crippen LogP contribution in [0, 0.1) is 0 Å². The van der Waals surface area contributed by atoms with Gasteiger partial charge in [-0.1, -0.05) is 0 Å². The van der Waals surface area contributed by atoms with Crippen LogP contribution in [-0.2, 0) is 19.0 Å². The number of nitrogens with zero attached hydrogens (tertiary/aromatic N) is 2. The molecule has 0 radical (unpaired) electrons. The molecule has 2 heterocycles. The maximum absolute atomic E-state index is 12.4. The van der Waals surface area contributed by atoms with Gasteiger partial charge in [0, 0.05) is 51.7 Å². The molecule has 0 bridgehead atoms. The van der Waals surface area contributed by atoms with Crippen LogP contribution in [0.5, 0.6) is 0 Å². The molecule has 1 aromatic heterocycles. The summed E-state index contributed by atoms with van der Waals surface area (Å²) in [6.45, 7) is 6.11. The predicted molar refractivity (Wildman–Crippen MR) is 91.2 cm³/mol. The third kappa shape index (κ3) is 4.99. The summed E-state index contributed by atoms with van der Waals surface area (Å²) < 4.78 is 15.9. The van der Waals surface area contributed by atoms with E-state index in [1.165, 1.54) is 14.2 Å². The van der Waals surface area contributed by atoms with Crippen LogP contribution in [0.4, 0.5) is 4.79 Å². The molecule has 1 atom stereocenters. The third-order valence-corrected chi connectivity index (χ3v) is 3.95. The fraction of sp³-hybridized carbons (Fsp3) is 0.611. The Morgan fingerprint density at radius 2 is 1.96 bits per heavy atom. The van der Waals surface area contributed by atoms with Gasteiger partial charge in [0.1, 0.15) is 11.4 Å². The number of ketones is 1. The lowest BCUT2D eigenvalue weighted by atomic mass is 9.90. The molecule has 0 unspecified atom stereocenters. The van der Waals surface area contributed by atoms with Crippen molar-refractivity contribution in [1.82, 2.24) is 9.88 Å². The van der Waals surface area contributed by atoms with Crippen molar-refractivity contribution in [3.63, 3.8) is 0 Å². The number of hydrogen-bond acceptors (Lipinski definition) is 6. The van der Waals surface area contributed by atoms with Gasteiger partial charge in [-0.3, -0.25) is 9.78 Å². The van der Waals surface area contributed by atoms with Crippen molar-refractivity contribution in [3.05, 3.63) is 29.6 Å². The van der Waals surface area contributed by atoms with E-state index in [-0.39, 0.29) is 12.3 Å². The zero-order chi connectivity index (χ0) is 18.6. The summed E-state index contributed by atoms with van der Waals surface area (Å²) in [5, 5.41) is 0. The summed E-state index contributed by atoms with van der Waals surface area (Å²) in [6.07, 6.45) is 2.63. The average molecular weight is 350 g/mol. The van der Waals surface area contributed by atoms with E-state index in [2.05, 4.69) is 4.98 Å². The van der Waals surface area contributed by atoms with E-state index < -0.39 is 23.9 Å². The highest BCUT2D eigenvalue weighted by Gasteiger charge is 2.33. The molecule has 1 aliphatic heterocycles. The Labute approximate surface area is 148 Å². The molecule has 0 aromatic carbocycles. The molecule has 138 valence electrons. The minimum absolute atomic E-state index is 0.0881. The second-order valence-electron chi connectivity index (χ2n) is 7.05. The highest BCUT2D eigenvalue weighted by Crippen LogP contribution is 2.27. The number of likely N-dealkylation sites (tertiary alicyclic amines) is 1. The van der Waals surface area contributed by atoms with Gasteiger partial charge in [0.2, 0.25) is 0 Å². The highest BCUT2D eigenvalue weighted by molar-refractivity contribution is 5.88. The van der Waals surface area contributed by atoms with Gasteiger partial charge in [-0.05, 0) is 32.4 Å². The van der Waals surface area contributed by atoms with Crippen molar-refractivity contribution in [2.75, 3.05) is 27.3 Å². The number of pyridine rings is 1. The number of piperidine rings is 1. The maximum atomic E-state index is 12.4. The van der Waals surface area contributed by atoms with E-state index in [1.54, 1.807) is 17.3 Å². The van der Waals surface area contributed by atoms with Gasteiger partial charge >= 0.3 is 6.09 Å². The van der Waals surface area contributed by atoms with Gasteiger partial charge in [0.05, 0.1) is 5.92 Å². The fourth-order valence-corrected chi connectivity index (χ4v) is 2.78. The van der Waals surface area contributed by atoms with Crippen LogP contribution >= 0.6 is 0 Å². The van der Waals surface area contributed by atoms with E-state index in [0.29, 0.717) is 13.0 Å². The lowest BCUT2D eigenvalue weighted by Gasteiger charge is -2.33. The lowest BCUT2D eigenvalue weighted by Crippen LogP contribution is -2.45. The number of aromatic nitrogens is 1. The van der Waals surface area contributed by atoms with E-state index >= 15 is 0 Å². The number of ether oxygens (including phenoxy) is 3. The number of methoxy groups -OCH3 is 2. The second-order valence-corrected chi connectivity index (χ2v) is 7.05. The van der Waals surface area contributed by atoms with Crippen LogP contribution in [0.2, 0.25) is 0 Å². The SMILES string of the molecule is COC(OC)c1cncc([C@H]2CN(C(=O)OC(C)(C)C)CCC2=O)c1. The molecular weight excluding hydrogens is 324 g/mol. The van der Waals surface area contributed by atoms with E-state index in [1.807, 2.05) is 26.8 Å². The molecule has 1 saturated heterocycles. The van der Waals surface area contributed by atoms with Gasteiger partial charge in [-0.15, -0.1) is 0 Å². The minimum Gasteiger partial charge on any atom is -0.444 e. The van der Waals surface area contributed by atoms with Gasteiger partial charge in [0.15, 0.2) is 6.29 Å². The number of carbonyl (C=O) groups is 2. The van der Waals surface area contributed by atoms with Gasteiger partial charge in [0.25, 0.3) is 0 Å². The molecule has 1 aromatic rings. The van der Waals surface area contributed by atoms with Crippen molar-refractivity contribution in [3.8, 4) is 0 Å². The van der Waals surface area contributed by atoms with Crippen molar-refractivity contribution < 1.29 is 23.8 Å². The Hall–Kier alpha value is -1.99. The summed E-state index contributed by atoms with van der Waals surface area (Å²) in [5.41, 5.74) is 0.902. The van der Waals surface area contributed by atoms with E-state index in [9.17, 15) is 9.59 Å². The molecular formula is C18H26N2O5. The minimum atomic E-state index is -0.570. The molecule has 0 aliphatic carbocycles. The molecule has 1 fully saturated rings. The molecule has 0 saturated carbocycles. The first kappa shape index (κ1) is 19.3. The first-order valence-corrected chi connectivity index (χ1v) is 8.26. The Morgan fingerprint density at radius 1 is 1.28 bits per heavy atom. The largest absolute Gasteiger partial charge is 0.444 e. The van der Waals surface area contributed by atoms with Gasteiger partial charge in [-0.25, -0.2) is 4.79 Å². The van der Waals surface area contributed by atoms with Gasteiger partial charge in [-0.2, -0.15) is 0 Å². The first-order valence-electron chi connectivity index (χ1n) is 8.26. The Kier molecular flexibility index (Phi) is 6.13. The van der Waals surface area contributed by atoms with Crippen LogP contribution in [0.25, 0.3) is 0 Å². The summed E-state index contributed by atoms with van der Waals surface area (Å²) in [6, 6.07) is 1.84. The van der Waals surface area contributed by atoms with E-state index in [4.69, 9.17) is 14.2 Å². The molecule has 2 rings (SSSR count). The van der Waals surface area contributed by atoms with E-state index in [0.717, 1.165) is 11.1 Å². The van der Waals surface area contributed by atoms with Crippen molar-refractivity contribution in [1.29, 1.82) is 0 Å². The molecule has 25 heavy (non-hydrogen) atoms. The summed E-state index contributed by atoms with van der Waals surface area (Å²) in [7, 11) is 3.08. The van der Waals surface area contributed by atoms with Crippen LogP contribution in [0.1, 0.15) is 50.5 Å². The molecule has 0 spiro atoms. The smallest absolute Gasteiger partial charge is 0.410 e. The predicted octanol–water partition coefficient (Wildman–Crippen LogP) is 2.67. The topological polar surface area (TPSA) is 78.0 Å². The van der Waals surface area contributed by atoms with Crippen molar-refractivity contribution in [2.45, 2.75) is 45.0 Å². The summed E-state index contributed by atoms with van der Waals surface area (Å²) >= 11 is 0. The molecule has 0 N–H and O–H groups in total. The van der Waals surface area contributed by atoms with Crippen LogP contribution in [0.3, 0.4) is 0 Å². The van der Waals surface area contributed by atoms with Crippen LogP contribution < -0.4 is 0 Å². The number of hydrogen-bond donors (Lipinski definition) is 0. The molecule has 1 amide bonds. The molecule has 1 aliphatic rings. The zero-order valence-electron chi connectivity index (χ0n) is 15.4. The van der Waals surface area contributed by atoms with Crippen molar-refractivity contribution in [2.24, 2.45) is 0 Å². The zero-order valence-corrected chi connectivity index (χ0v) is 15.4. The standard InChI is InChI=1S/C18H26N2O5/c1-18(2,3)25-17(22)20-7-6-15(21)14(11-20)12-8-13(10-19-9-12)16(23-4)24-5/h8-10,14,16H,6-7,11H2,1-5H3/t14-/m1/s1. The normalized spacial score (nSPS) is 18.6. The number of carbonyl (C=O) groups excluding carboxylic acids is 2. The quantitative estimate of drug-likeness (QED) is 0.777. The average Bonchev–Trinajstić information content (AvgIpc) is 2.55. The second kappa shape index (κ2) is 7.93. The van der Waals surface area contributed by atoms with Crippen molar-refractivity contribution >= 4 is 11.9 Å². The summed E-state index contributed by atoms with van der Waals surface area (Å²) in [4.78, 5) is 30.5. The number of rotatable bonds is 4. The Morgan fingerprint density at radius 3 is 2.56 bits per heavy atom. The highest BCUT2D eigenvalue weighted by atomic mass is 16.7. The monoisotopic (exact) mass is 350 g/mol. The Bertz CT molecular complexity index is 622. The lowest BCUT2D eigenvalue weighted by molar-refractivity contribution is -0.123. The number of Topliss-reactive ketones (excluding diaryl/α,β-unsaturated/α-hetero) is 1. The molecule has 7 nitrogen and oxygen atoms in total. The number of amides is 1. The molecule has 7 heteroatoms. The fourth-order valence-electron chi connectivity index (χ4n) is 2.78.